The highest BCUT2D eigenvalue weighted by molar-refractivity contribution is 6.31. The minimum atomic E-state index is -0.386. The van der Waals surface area contributed by atoms with E-state index in [4.69, 9.17) is 22.1 Å². The average molecular weight is 300 g/mol. The molecule has 0 radical (unpaired) electrons. The van der Waals surface area contributed by atoms with Crippen LogP contribution in [0.25, 0.3) is 0 Å². The number of hydrogen-bond donors (Lipinski definition) is 1. The largest absolute Gasteiger partial charge is 0.380 e. The van der Waals surface area contributed by atoms with Crippen LogP contribution in [0.5, 0.6) is 0 Å². The second kappa shape index (κ2) is 7.39. The first-order chi connectivity index (χ1) is 9.63. The lowest BCUT2D eigenvalue weighted by atomic mass is 9.81. The zero-order chi connectivity index (χ0) is 14.5. The molecule has 0 bridgehead atoms. The van der Waals surface area contributed by atoms with E-state index in [2.05, 4.69) is 0 Å². The van der Waals surface area contributed by atoms with Gasteiger partial charge < -0.3 is 10.5 Å². The molecular formula is C16H23ClFNO. The number of ether oxygens (including phenoxy) is 1. The molecule has 1 aromatic carbocycles. The fourth-order valence-electron chi connectivity index (χ4n) is 3.26. The van der Waals surface area contributed by atoms with E-state index in [-0.39, 0.29) is 23.0 Å². The summed E-state index contributed by atoms with van der Waals surface area (Å²) in [5.74, 6) is 0.124. The number of halogens is 2. The van der Waals surface area contributed by atoms with Gasteiger partial charge in [0.05, 0.1) is 11.1 Å². The van der Waals surface area contributed by atoms with Gasteiger partial charge in [-0.15, -0.1) is 0 Å². The predicted octanol–water partition coefficient (Wildman–Crippen LogP) is 3.94. The van der Waals surface area contributed by atoms with Crippen LogP contribution in [0.1, 0.15) is 37.7 Å². The predicted molar refractivity (Wildman–Crippen MR) is 80.5 cm³/mol. The Kier molecular flexibility index (Phi) is 5.82. The highest BCUT2D eigenvalue weighted by Gasteiger charge is 2.29. The van der Waals surface area contributed by atoms with Crippen LogP contribution >= 0.6 is 11.6 Å². The van der Waals surface area contributed by atoms with Crippen molar-refractivity contribution in [3.8, 4) is 0 Å². The smallest absolute Gasteiger partial charge is 0.142 e. The molecule has 2 atom stereocenters. The van der Waals surface area contributed by atoms with Gasteiger partial charge in [-0.3, -0.25) is 0 Å². The average Bonchev–Trinajstić information content (AvgIpc) is 2.46. The second-order valence-electron chi connectivity index (χ2n) is 5.68. The van der Waals surface area contributed by atoms with Gasteiger partial charge >= 0.3 is 0 Å². The standard InChI is InChI=1S/C16H23ClFNO/c1-20-16(11-6-3-2-4-7-11)14(19)10-12-8-5-9-13(18)15(12)17/h5,8-9,11,14,16H,2-4,6-7,10,19H2,1H3. The number of rotatable bonds is 5. The quantitative estimate of drug-likeness (QED) is 0.893. The van der Waals surface area contributed by atoms with Crippen molar-refractivity contribution in [2.24, 2.45) is 11.7 Å². The van der Waals surface area contributed by atoms with E-state index >= 15 is 0 Å². The third-order valence-corrected chi connectivity index (χ3v) is 4.72. The Morgan fingerprint density at radius 2 is 2.05 bits per heavy atom. The molecule has 20 heavy (non-hydrogen) atoms. The van der Waals surface area contributed by atoms with Crippen molar-refractivity contribution in [3.63, 3.8) is 0 Å². The van der Waals surface area contributed by atoms with Crippen LogP contribution in [-0.4, -0.2) is 19.3 Å². The maximum Gasteiger partial charge on any atom is 0.142 e. The maximum atomic E-state index is 13.5. The van der Waals surface area contributed by atoms with E-state index in [1.807, 2.05) is 6.07 Å². The minimum Gasteiger partial charge on any atom is -0.380 e. The first kappa shape index (κ1) is 15.7. The van der Waals surface area contributed by atoms with E-state index in [1.54, 1.807) is 13.2 Å². The summed E-state index contributed by atoms with van der Waals surface area (Å²) in [6.07, 6.45) is 6.71. The molecule has 1 aliphatic carbocycles. The van der Waals surface area contributed by atoms with Crippen LogP contribution in [0, 0.1) is 11.7 Å². The Labute approximate surface area is 125 Å². The number of methoxy groups -OCH3 is 1. The van der Waals surface area contributed by atoms with Gasteiger partial charge in [0.15, 0.2) is 0 Å². The summed E-state index contributed by atoms with van der Waals surface area (Å²) in [5, 5.41) is 0.182. The monoisotopic (exact) mass is 299 g/mol. The van der Waals surface area contributed by atoms with Gasteiger partial charge in [-0.25, -0.2) is 4.39 Å². The number of benzene rings is 1. The Morgan fingerprint density at radius 3 is 2.70 bits per heavy atom. The van der Waals surface area contributed by atoms with Crippen molar-refractivity contribution in [3.05, 3.63) is 34.6 Å². The molecule has 1 aliphatic rings. The summed E-state index contributed by atoms with van der Waals surface area (Å²) in [6, 6.07) is 4.72. The lowest BCUT2D eigenvalue weighted by Gasteiger charge is -2.33. The highest BCUT2D eigenvalue weighted by atomic mass is 35.5. The molecule has 0 aliphatic heterocycles. The fourth-order valence-corrected chi connectivity index (χ4v) is 3.46. The third-order valence-electron chi connectivity index (χ3n) is 4.30. The van der Waals surface area contributed by atoms with Crippen LogP contribution < -0.4 is 5.73 Å². The second-order valence-corrected chi connectivity index (χ2v) is 6.06. The minimum absolute atomic E-state index is 0.0228. The van der Waals surface area contributed by atoms with Crippen molar-refractivity contribution >= 4 is 11.6 Å². The van der Waals surface area contributed by atoms with Crippen molar-refractivity contribution in [1.29, 1.82) is 0 Å². The van der Waals surface area contributed by atoms with Crippen LogP contribution in [0.15, 0.2) is 18.2 Å². The maximum absolute atomic E-state index is 13.5. The SMILES string of the molecule is COC(C(N)Cc1cccc(F)c1Cl)C1CCCCC1. The molecule has 0 amide bonds. The van der Waals surface area contributed by atoms with Gasteiger partial charge in [-0.1, -0.05) is 43.0 Å². The van der Waals surface area contributed by atoms with Gasteiger partial charge in [0.25, 0.3) is 0 Å². The Morgan fingerprint density at radius 1 is 1.35 bits per heavy atom. The first-order valence-electron chi connectivity index (χ1n) is 7.34. The number of hydrogen-bond acceptors (Lipinski definition) is 2. The van der Waals surface area contributed by atoms with Gasteiger partial charge in [0.2, 0.25) is 0 Å². The molecule has 0 heterocycles. The molecule has 2 unspecified atom stereocenters. The molecule has 112 valence electrons. The summed E-state index contributed by atoms with van der Waals surface area (Å²) in [5.41, 5.74) is 7.07. The Bertz CT molecular complexity index is 434. The summed E-state index contributed by atoms with van der Waals surface area (Å²) in [4.78, 5) is 0. The molecule has 2 N–H and O–H groups in total. The van der Waals surface area contributed by atoms with Crippen LogP contribution in [0.2, 0.25) is 5.02 Å². The van der Waals surface area contributed by atoms with Crippen LogP contribution in [0.4, 0.5) is 4.39 Å². The molecular weight excluding hydrogens is 277 g/mol. The van der Waals surface area contributed by atoms with E-state index in [0.29, 0.717) is 12.3 Å². The van der Waals surface area contributed by atoms with Gasteiger partial charge in [-0.2, -0.15) is 0 Å². The lowest BCUT2D eigenvalue weighted by Crippen LogP contribution is -2.43. The van der Waals surface area contributed by atoms with Gasteiger partial charge in [-0.05, 0) is 36.8 Å². The molecule has 0 aromatic heterocycles. The zero-order valence-electron chi connectivity index (χ0n) is 11.9. The molecule has 1 fully saturated rings. The zero-order valence-corrected chi connectivity index (χ0v) is 12.7. The molecule has 1 aromatic rings. The fraction of sp³-hybridized carbons (Fsp3) is 0.625. The lowest BCUT2D eigenvalue weighted by molar-refractivity contribution is 0.0179. The van der Waals surface area contributed by atoms with Gasteiger partial charge in [0.1, 0.15) is 5.82 Å². The molecule has 0 spiro atoms. The summed E-state index contributed by atoms with van der Waals surface area (Å²) in [7, 11) is 1.71. The van der Waals surface area contributed by atoms with E-state index in [0.717, 1.165) is 5.56 Å². The van der Waals surface area contributed by atoms with Crippen molar-refractivity contribution in [2.45, 2.75) is 50.7 Å². The highest BCUT2D eigenvalue weighted by Crippen LogP contribution is 2.30. The summed E-state index contributed by atoms with van der Waals surface area (Å²) in [6.45, 7) is 0. The van der Waals surface area contributed by atoms with E-state index in [1.165, 1.54) is 38.2 Å². The van der Waals surface area contributed by atoms with Crippen LogP contribution in [-0.2, 0) is 11.2 Å². The van der Waals surface area contributed by atoms with E-state index < -0.39 is 0 Å². The molecule has 2 nitrogen and oxygen atoms in total. The Balaban J connectivity index is 2.04. The van der Waals surface area contributed by atoms with Crippen molar-refractivity contribution in [1.82, 2.24) is 0 Å². The third kappa shape index (κ3) is 3.72. The molecule has 1 saturated carbocycles. The first-order valence-corrected chi connectivity index (χ1v) is 7.72. The topological polar surface area (TPSA) is 35.2 Å². The Hall–Kier alpha value is -0.640. The molecule has 2 rings (SSSR count). The molecule has 4 heteroatoms. The van der Waals surface area contributed by atoms with Crippen molar-refractivity contribution in [2.75, 3.05) is 7.11 Å². The number of nitrogens with two attached hydrogens (primary N) is 1. The normalized spacial score (nSPS) is 19.8. The summed E-state index contributed by atoms with van der Waals surface area (Å²) >= 11 is 6.00. The van der Waals surface area contributed by atoms with Crippen LogP contribution in [0.3, 0.4) is 0 Å². The van der Waals surface area contributed by atoms with E-state index in [9.17, 15) is 4.39 Å². The molecule has 0 saturated heterocycles. The summed E-state index contributed by atoms with van der Waals surface area (Å²) < 4.78 is 19.1. The van der Waals surface area contributed by atoms with Crippen molar-refractivity contribution < 1.29 is 9.13 Å². The van der Waals surface area contributed by atoms with Gasteiger partial charge in [0, 0.05) is 13.2 Å².